The molecule has 1 amide bonds. The standard InChI is InChI=1S/C15H22N4O3/c1-12-8-17-13(9-16-12)14(20)18-10-15(2-5-22-11-15)19-3-6-21-7-4-19/h8-9H,2-7,10-11H2,1H3,(H,18,20). The SMILES string of the molecule is Cc1cnc(C(=O)NCC2(N3CCOCC3)CCOC2)cn1. The molecule has 0 spiro atoms. The summed E-state index contributed by atoms with van der Waals surface area (Å²) in [7, 11) is 0. The summed E-state index contributed by atoms with van der Waals surface area (Å²) in [5, 5.41) is 2.99. The molecule has 2 saturated heterocycles. The third kappa shape index (κ3) is 3.26. The predicted octanol–water partition coefficient (Wildman–Crippen LogP) is 0.00612. The largest absolute Gasteiger partial charge is 0.379 e. The molecule has 0 bridgehead atoms. The molecule has 2 fully saturated rings. The molecular weight excluding hydrogens is 284 g/mol. The van der Waals surface area contributed by atoms with Gasteiger partial charge in [0.25, 0.3) is 5.91 Å². The Morgan fingerprint density at radius 1 is 1.27 bits per heavy atom. The minimum Gasteiger partial charge on any atom is -0.379 e. The summed E-state index contributed by atoms with van der Waals surface area (Å²) >= 11 is 0. The summed E-state index contributed by atoms with van der Waals surface area (Å²) in [4.78, 5) is 22.9. The van der Waals surface area contributed by atoms with Crippen LogP contribution in [-0.2, 0) is 9.47 Å². The molecule has 2 aliphatic rings. The van der Waals surface area contributed by atoms with Crippen molar-refractivity contribution in [2.24, 2.45) is 0 Å². The van der Waals surface area contributed by atoms with Gasteiger partial charge in [-0.1, -0.05) is 0 Å². The third-order valence-electron chi connectivity index (χ3n) is 4.36. The molecule has 22 heavy (non-hydrogen) atoms. The Labute approximate surface area is 130 Å². The van der Waals surface area contributed by atoms with Crippen LogP contribution in [0.1, 0.15) is 22.6 Å². The van der Waals surface area contributed by atoms with Gasteiger partial charge >= 0.3 is 0 Å². The number of amides is 1. The van der Waals surface area contributed by atoms with E-state index in [4.69, 9.17) is 9.47 Å². The molecule has 3 heterocycles. The van der Waals surface area contributed by atoms with Gasteiger partial charge in [-0.25, -0.2) is 4.98 Å². The van der Waals surface area contributed by atoms with Gasteiger partial charge in [0, 0.05) is 32.4 Å². The number of nitrogens with one attached hydrogen (secondary N) is 1. The van der Waals surface area contributed by atoms with Crippen LogP contribution in [0.15, 0.2) is 12.4 Å². The Bertz CT molecular complexity index is 508. The molecule has 0 aromatic carbocycles. The van der Waals surface area contributed by atoms with E-state index in [0.29, 0.717) is 18.8 Å². The maximum atomic E-state index is 12.2. The van der Waals surface area contributed by atoms with Crippen LogP contribution in [0.4, 0.5) is 0 Å². The number of aromatic nitrogens is 2. The molecule has 120 valence electrons. The molecule has 7 heteroatoms. The van der Waals surface area contributed by atoms with Crippen LogP contribution in [0.5, 0.6) is 0 Å². The van der Waals surface area contributed by atoms with Crippen molar-refractivity contribution < 1.29 is 14.3 Å². The number of morpholine rings is 1. The van der Waals surface area contributed by atoms with E-state index in [0.717, 1.165) is 45.0 Å². The maximum Gasteiger partial charge on any atom is 0.271 e. The predicted molar refractivity (Wildman–Crippen MR) is 79.7 cm³/mol. The van der Waals surface area contributed by atoms with E-state index >= 15 is 0 Å². The zero-order valence-corrected chi connectivity index (χ0v) is 12.9. The Morgan fingerprint density at radius 2 is 2.09 bits per heavy atom. The monoisotopic (exact) mass is 306 g/mol. The number of carbonyl (C=O) groups excluding carboxylic acids is 1. The highest BCUT2D eigenvalue weighted by molar-refractivity contribution is 5.91. The van der Waals surface area contributed by atoms with Gasteiger partial charge in [0.1, 0.15) is 5.69 Å². The molecule has 0 aliphatic carbocycles. The highest BCUT2D eigenvalue weighted by Gasteiger charge is 2.41. The Hall–Kier alpha value is -1.57. The van der Waals surface area contributed by atoms with Crippen LogP contribution in [-0.4, -0.2) is 72.4 Å². The lowest BCUT2D eigenvalue weighted by atomic mass is 9.95. The Morgan fingerprint density at radius 3 is 2.73 bits per heavy atom. The van der Waals surface area contributed by atoms with E-state index < -0.39 is 0 Å². The smallest absolute Gasteiger partial charge is 0.271 e. The van der Waals surface area contributed by atoms with Crippen molar-refractivity contribution in [3.8, 4) is 0 Å². The summed E-state index contributed by atoms with van der Waals surface area (Å²) in [6.07, 6.45) is 4.04. The molecule has 0 saturated carbocycles. The quantitative estimate of drug-likeness (QED) is 0.844. The normalized spacial score (nSPS) is 26.0. The Kier molecular flexibility index (Phi) is 4.66. The summed E-state index contributed by atoms with van der Waals surface area (Å²) in [5.74, 6) is -0.188. The number of carbonyl (C=O) groups is 1. The van der Waals surface area contributed by atoms with E-state index in [1.165, 1.54) is 6.20 Å². The first-order valence-electron chi connectivity index (χ1n) is 7.67. The number of hydrogen-bond acceptors (Lipinski definition) is 6. The van der Waals surface area contributed by atoms with Gasteiger partial charge in [-0.15, -0.1) is 0 Å². The fourth-order valence-electron chi connectivity index (χ4n) is 2.98. The highest BCUT2D eigenvalue weighted by Crippen LogP contribution is 2.26. The second kappa shape index (κ2) is 6.68. The van der Waals surface area contributed by atoms with Crippen molar-refractivity contribution in [1.82, 2.24) is 20.2 Å². The van der Waals surface area contributed by atoms with E-state index in [1.807, 2.05) is 6.92 Å². The van der Waals surface area contributed by atoms with Crippen molar-refractivity contribution in [3.05, 3.63) is 23.8 Å². The minimum absolute atomic E-state index is 0.127. The molecule has 1 atom stereocenters. The van der Waals surface area contributed by atoms with Crippen LogP contribution >= 0.6 is 0 Å². The van der Waals surface area contributed by atoms with Crippen LogP contribution in [0.25, 0.3) is 0 Å². The fourth-order valence-corrected chi connectivity index (χ4v) is 2.98. The first-order valence-corrected chi connectivity index (χ1v) is 7.67. The molecule has 7 nitrogen and oxygen atoms in total. The third-order valence-corrected chi connectivity index (χ3v) is 4.36. The van der Waals surface area contributed by atoms with Crippen molar-refractivity contribution in [1.29, 1.82) is 0 Å². The van der Waals surface area contributed by atoms with Crippen molar-refractivity contribution in [3.63, 3.8) is 0 Å². The van der Waals surface area contributed by atoms with Crippen LogP contribution in [0, 0.1) is 6.92 Å². The topological polar surface area (TPSA) is 76.6 Å². The molecular formula is C15H22N4O3. The zero-order valence-electron chi connectivity index (χ0n) is 12.9. The second-order valence-electron chi connectivity index (χ2n) is 5.85. The average molecular weight is 306 g/mol. The molecule has 1 N–H and O–H groups in total. The highest BCUT2D eigenvalue weighted by atomic mass is 16.5. The van der Waals surface area contributed by atoms with Gasteiger partial charge in [0.15, 0.2) is 0 Å². The average Bonchev–Trinajstić information content (AvgIpc) is 3.04. The molecule has 1 aromatic heterocycles. The fraction of sp³-hybridized carbons (Fsp3) is 0.667. The number of ether oxygens (including phenoxy) is 2. The van der Waals surface area contributed by atoms with Crippen LogP contribution in [0.3, 0.4) is 0 Å². The summed E-state index contributed by atoms with van der Waals surface area (Å²) in [6.45, 7) is 7.01. The second-order valence-corrected chi connectivity index (χ2v) is 5.85. The van der Waals surface area contributed by atoms with Gasteiger partial charge < -0.3 is 14.8 Å². The van der Waals surface area contributed by atoms with E-state index in [1.54, 1.807) is 6.20 Å². The van der Waals surface area contributed by atoms with Crippen LogP contribution < -0.4 is 5.32 Å². The maximum absolute atomic E-state index is 12.2. The lowest BCUT2D eigenvalue weighted by Crippen LogP contribution is -2.59. The minimum atomic E-state index is -0.188. The zero-order chi connectivity index (χ0) is 15.4. The molecule has 3 rings (SSSR count). The van der Waals surface area contributed by atoms with Gasteiger partial charge in [-0.05, 0) is 13.3 Å². The van der Waals surface area contributed by atoms with E-state index in [2.05, 4.69) is 20.2 Å². The molecule has 1 unspecified atom stereocenters. The van der Waals surface area contributed by atoms with Gasteiger partial charge in [-0.3, -0.25) is 14.7 Å². The molecule has 0 radical (unpaired) electrons. The lowest BCUT2D eigenvalue weighted by molar-refractivity contribution is -0.0250. The van der Waals surface area contributed by atoms with Crippen molar-refractivity contribution >= 4 is 5.91 Å². The van der Waals surface area contributed by atoms with Crippen LogP contribution in [0.2, 0.25) is 0 Å². The lowest BCUT2D eigenvalue weighted by Gasteiger charge is -2.42. The van der Waals surface area contributed by atoms with Crippen molar-refractivity contribution in [2.75, 3.05) is 46.1 Å². The van der Waals surface area contributed by atoms with Crippen molar-refractivity contribution in [2.45, 2.75) is 18.9 Å². The summed E-state index contributed by atoms with van der Waals surface area (Å²) in [5.41, 5.74) is 1.02. The first kappa shape index (κ1) is 15.3. The first-order chi connectivity index (χ1) is 10.7. The summed E-state index contributed by atoms with van der Waals surface area (Å²) < 4.78 is 11.0. The van der Waals surface area contributed by atoms with Gasteiger partial charge in [0.05, 0.1) is 37.3 Å². The number of aryl methyl sites for hydroxylation is 1. The Balaban J connectivity index is 1.64. The number of rotatable bonds is 4. The number of nitrogens with zero attached hydrogens (tertiary/aromatic N) is 3. The van der Waals surface area contributed by atoms with Gasteiger partial charge in [0.2, 0.25) is 0 Å². The van der Waals surface area contributed by atoms with Gasteiger partial charge in [-0.2, -0.15) is 0 Å². The molecule has 1 aromatic rings. The summed E-state index contributed by atoms with van der Waals surface area (Å²) in [6, 6.07) is 0. The molecule has 2 aliphatic heterocycles. The van der Waals surface area contributed by atoms with E-state index in [9.17, 15) is 4.79 Å². The number of hydrogen-bond donors (Lipinski definition) is 1. The van der Waals surface area contributed by atoms with E-state index in [-0.39, 0.29) is 11.4 Å².